The van der Waals surface area contributed by atoms with Crippen molar-refractivity contribution in [1.82, 2.24) is 5.32 Å². The maximum absolute atomic E-state index is 9.87. The summed E-state index contributed by atoms with van der Waals surface area (Å²) in [6, 6.07) is 7.58. The Morgan fingerprint density at radius 2 is 2.05 bits per heavy atom. The minimum atomic E-state index is -0.516. The number of aliphatic hydroxyl groups excluding tert-OH is 1. The topological polar surface area (TPSA) is 41.5 Å². The number of aliphatic hydroxyl groups is 1. The summed E-state index contributed by atoms with van der Waals surface area (Å²) in [5, 5.41) is 17.4. The Balaban J connectivity index is 1.66. The lowest BCUT2D eigenvalue weighted by Gasteiger charge is -2.13. The summed E-state index contributed by atoms with van der Waals surface area (Å²) in [5.74, 6) is 0.765. The molecule has 0 saturated heterocycles. The number of hydrogen-bond acceptors (Lipinski definition) is 4. The van der Waals surface area contributed by atoms with E-state index in [-0.39, 0.29) is 6.61 Å². The minimum Gasteiger partial charge on any atom is -0.491 e. The van der Waals surface area contributed by atoms with E-state index in [0.717, 1.165) is 16.8 Å². The first kappa shape index (κ1) is 15.5. The van der Waals surface area contributed by atoms with Crippen molar-refractivity contribution >= 4 is 27.3 Å². The van der Waals surface area contributed by atoms with Gasteiger partial charge < -0.3 is 15.2 Å². The van der Waals surface area contributed by atoms with E-state index in [0.29, 0.717) is 6.54 Å². The third-order valence-electron chi connectivity index (χ3n) is 2.91. The third kappa shape index (κ3) is 4.90. The van der Waals surface area contributed by atoms with E-state index in [4.69, 9.17) is 4.74 Å². The molecule has 0 radical (unpaired) electrons. The molecular formula is C15H18BrNO2S. The van der Waals surface area contributed by atoms with Crippen LogP contribution in [0.1, 0.15) is 11.1 Å². The quantitative estimate of drug-likeness (QED) is 0.800. The summed E-state index contributed by atoms with van der Waals surface area (Å²) in [6.45, 7) is 3.69. The number of benzene rings is 1. The van der Waals surface area contributed by atoms with Crippen LogP contribution in [0.4, 0.5) is 0 Å². The molecule has 0 bridgehead atoms. The van der Waals surface area contributed by atoms with Gasteiger partial charge in [-0.2, -0.15) is 11.3 Å². The Bertz CT molecular complexity index is 527. The Morgan fingerprint density at radius 1 is 1.30 bits per heavy atom. The Morgan fingerprint density at radius 3 is 2.70 bits per heavy atom. The van der Waals surface area contributed by atoms with Crippen LogP contribution < -0.4 is 10.1 Å². The van der Waals surface area contributed by atoms with Gasteiger partial charge in [-0.3, -0.25) is 0 Å². The maximum atomic E-state index is 9.87. The van der Waals surface area contributed by atoms with Crippen molar-refractivity contribution in [3.05, 3.63) is 50.6 Å². The monoisotopic (exact) mass is 355 g/mol. The van der Waals surface area contributed by atoms with Crippen LogP contribution in [0.15, 0.2) is 39.5 Å². The SMILES string of the molecule is Cc1cscc1CNCC(O)COc1ccc(Br)cc1. The summed E-state index contributed by atoms with van der Waals surface area (Å²) in [5.41, 5.74) is 2.58. The molecule has 20 heavy (non-hydrogen) atoms. The molecule has 108 valence electrons. The van der Waals surface area contributed by atoms with Gasteiger partial charge in [-0.05, 0) is 53.1 Å². The predicted molar refractivity (Wildman–Crippen MR) is 86.4 cm³/mol. The number of nitrogens with one attached hydrogen (secondary N) is 1. The molecule has 2 aromatic rings. The van der Waals surface area contributed by atoms with Gasteiger partial charge in [-0.15, -0.1) is 0 Å². The summed E-state index contributed by atoms with van der Waals surface area (Å²) in [6.07, 6.45) is -0.516. The van der Waals surface area contributed by atoms with Crippen molar-refractivity contribution < 1.29 is 9.84 Å². The van der Waals surface area contributed by atoms with Gasteiger partial charge in [0.2, 0.25) is 0 Å². The normalized spacial score (nSPS) is 12.3. The zero-order valence-corrected chi connectivity index (χ0v) is 13.7. The molecule has 0 fully saturated rings. The molecule has 1 aromatic carbocycles. The molecule has 0 aliphatic rings. The standard InChI is InChI=1S/C15H18BrNO2S/c1-11-9-20-10-12(11)6-17-7-14(18)8-19-15-4-2-13(16)3-5-15/h2-5,9-10,14,17-18H,6-8H2,1H3. The van der Waals surface area contributed by atoms with Crippen LogP contribution in [0.3, 0.4) is 0 Å². The van der Waals surface area contributed by atoms with Gasteiger partial charge in [0.25, 0.3) is 0 Å². The van der Waals surface area contributed by atoms with Gasteiger partial charge in [0.1, 0.15) is 18.5 Å². The van der Waals surface area contributed by atoms with Gasteiger partial charge in [-0.1, -0.05) is 15.9 Å². The van der Waals surface area contributed by atoms with Crippen LogP contribution in [0.5, 0.6) is 5.75 Å². The van der Waals surface area contributed by atoms with Crippen molar-refractivity contribution in [3.8, 4) is 5.75 Å². The highest BCUT2D eigenvalue weighted by Gasteiger charge is 2.06. The average Bonchev–Trinajstić information content (AvgIpc) is 2.84. The lowest BCUT2D eigenvalue weighted by Crippen LogP contribution is -2.31. The molecule has 0 spiro atoms. The van der Waals surface area contributed by atoms with Gasteiger partial charge in [0.05, 0.1) is 0 Å². The van der Waals surface area contributed by atoms with Crippen LogP contribution in [0.25, 0.3) is 0 Å². The first-order valence-electron chi connectivity index (χ1n) is 6.44. The number of thiophene rings is 1. The minimum absolute atomic E-state index is 0.289. The second-order valence-electron chi connectivity index (χ2n) is 4.63. The van der Waals surface area contributed by atoms with Crippen LogP contribution in [-0.2, 0) is 6.54 Å². The molecule has 0 aliphatic heterocycles. The number of halogens is 1. The molecule has 1 atom stereocenters. The predicted octanol–water partition coefficient (Wildman–Crippen LogP) is 3.35. The number of aryl methyl sites for hydroxylation is 1. The zero-order valence-electron chi connectivity index (χ0n) is 11.3. The fourth-order valence-electron chi connectivity index (χ4n) is 1.72. The van der Waals surface area contributed by atoms with Crippen LogP contribution in [-0.4, -0.2) is 24.4 Å². The van der Waals surface area contributed by atoms with Gasteiger partial charge >= 0.3 is 0 Å². The Hall–Kier alpha value is -0.880. The van der Waals surface area contributed by atoms with E-state index >= 15 is 0 Å². The zero-order chi connectivity index (χ0) is 14.4. The lowest BCUT2D eigenvalue weighted by molar-refractivity contribution is 0.106. The van der Waals surface area contributed by atoms with Crippen LogP contribution in [0.2, 0.25) is 0 Å². The number of rotatable bonds is 7. The molecule has 0 aliphatic carbocycles. The molecular weight excluding hydrogens is 338 g/mol. The molecule has 1 heterocycles. The van der Waals surface area contributed by atoms with E-state index in [9.17, 15) is 5.11 Å². The van der Waals surface area contributed by atoms with E-state index in [2.05, 4.69) is 38.9 Å². The first-order valence-corrected chi connectivity index (χ1v) is 8.17. The largest absolute Gasteiger partial charge is 0.491 e. The summed E-state index contributed by atoms with van der Waals surface area (Å²) in [4.78, 5) is 0. The number of ether oxygens (including phenoxy) is 1. The fourth-order valence-corrected chi connectivity index (χ4v) is 2.84. The lowest BCUT2D eigenvalue weighted by atomic mass is 10.2. The van der Waals surface area contributed by atoms with Crippen molar-refractivity contribution in [2.45, 2.75) is 19.6 Å². The molecule has 0 amide bonds. The highest BCUT2D eigenvalue weighted by Crippen LogP contribution is 2.16. The highest BCUT2D eigenvalue weighted by molar-refractivity contribution is 9.10. The van der Waals surface area contributed by atoms with Crippen LogP contribution in [0, 0.1) is 6.92 Å². The maximum Gasteiger partial charge on any atom is 0.119 e. The highest BCUT2D eigenvalue weighted by atomic mass is 79.9. The molecule has 0 saturated carbocycles. The molecule has 1 unspecified atom stereocenters. The summed E-state index contributed by atoms with van der Waals surface area (Å²) >= 11 is 5.07. The summed E-state index contributed by atoms with van der Waals surface area (Å²) in [7, 11) is 0. The van der Waals surface area contributed by atoms with Gasteiger partial charge in [0, 0.05) is 17.6 Å². The van der Waals surface area contributed by atoms with Crippen molar-refractivity contribution in [2.75, 3.05) is 13.2 Å². The van der Waals surface area contributed by atoms with E-state index in [1.807, 2.05) is 24.3 Å². The van der Waals surface area contributed by atoms with Crippen molar-refractivity contribution in [3.63, 3.8) is 0 Å². The average molecular weight is 356 g/mol. The van der Waals surface area contributed by atoms with Gasteiger partial charge in [0.15, 0.2) is 0 Å². The van der Waals surface area contributed by atoms with Crippen molar-refractivity contribution in [1.29, 1.82) is 0 Å². The molecule has 2 rings (SSSR count). The second kappa shape index (κ2) is 7.78. The Labute approximate surface area is 131 Å². The summed E-state index contributed by atoms with van der Waals surface area (Å²) < 4.78 is 6.54. The molecule has 5 heteroatoms. The van der Waals surface area contributed by atoms with Crippen molar-refractivity contribution in [2.24, 2.45) is 0 Å². The smallest absolute Gasteiger partial charge is 0.119 e. The molecule has 1 aromatic heterocycles. The first-order chi connectivity index (χ1) is 9.65. The number of hydrogen-bond donors (Lipinski definition) is 2. The third-order valence-corrected chi connectivity index (χ3v) is 4.35. The van der Waals surface area contributed by atoms with E-state index in [1.165, 1.54) is 11.1 Å². The Kier molecular flexibility index (Phi) is 6.04. The molecule has 2 N–H and O–H groups in total. The fraction of sp³-hybridized carbons (Fsp3) is 0.333. The van der Waals surface area contributed by atoms with E-state index in [1.54, 1.807) is 11.3 Å². The van der Waals surface area contributed by atoms with Crippen LogP contribution >= 0.6 is 27.3 Å². The second-order valence-corrected chi connectivity index (χ2v) is 6.29. The molecule has 3 nitrogen and oxygen atoms in total. The van der Waals surface area contributed by atoms with Gasteiger partial charge in [-0.25, -0.2) is 0 Å². The van der Waals surface area contributed by atoms with E-state index < -0.39 is 6.10 Å².